The summed E-state index contributed by atoms with van der Waals surface area (Å²) in [4.78, 5) is 0. The highest BCUT2D eigenvalue weighted by Crippen LogP contribution is 2.25. The first-order valence-electron chi connectivity index (χ1n) is 3.57. The van der Waals surface area contributed by atoms with Gasteiger partial charge in [-0.3, -0.25) is 5.10 Å². The summed E-state index contributed by atoms with van der Waals surface area (Å²) in [6.45, 7) is 0. The van der Waals surface area contributed by atoms with E-state index in [4.69, 9.17) is 22.3 Å². The third-order valence-electron chi connectivity index (χ3n) is 1.72. The molecule has 0 atom stereocenters. The Morgan fingerprint density at radius 3 is 2.71 bits per heavy atom. The van der Waals surface area contributed by atoms with E-state index in [0.717, 1.165) is 0 Å². The van der Waals surface area contributed by atoms with Crippen molar-refractivity contribution in [2.45, 2.75) is 5.03 Å². The molecule has 1 aromatic carbocycles. The number of halogens is 2. The van der Waals surface area contributed by atoms with Crippen LogP contribution in [0.5, 0.6) is 0 Å². The second-order valence-corrected chi connectivity index (χ2v) is 5.59. The highest BCUT2D eigenvalue weighted by atomic mass is 35.7. The summed E-state index contributed by atoms with van der Waals surface area (Å²) in [5.41, 5.74) is 0.508. The average Bonchev–Trinajstić information content (AvgIpc) is 2.45. The van der Waals surface area contributed by atoms with Crippen LogP contribution < -0.4 is 0 Å². The predicted octanol–water partition coefficient (Wildman–Crippen LogP) is 2.14. The third kappa shape index (κ3) is 1.58. The van der Waals surface area contributed by atoms with Crippen LogP contribution in [-0.2, 0) is 9.05 Å². The molecule has 0 aliphatic heterocycles. The van der Waals surface area contributed by atoms with Crippen LogP contribution in [0.2, 0.25) is 5.02 Å². The molecule has 0 amide bonds. The number of fused-ring (bicyclic) bond motifs is 1. The van der Waals surface area contributed by atoms with Gasteiger partial charge in [0.1, 0.15) is 0 Å². The fraction of sp³-hybridized carbons (Fsp3) is 0. The van der Waals surface area contributed by atoms with Crippen LogP contribution in [0.4, 0.5) is 0 Å². The second kappa shape index (κ2) is 3.12. The molecule has 74 valence electrons. The Kier molecular flexibility index (Phi) is 2.17. The topological polar surface area (TPSA) is 62.8 Å². The third-order valence-corrected chi connectivity index (χ3v) is 3.22. The number of H-pyrrole nitrogens is 1. The van der Waals surface area contributed by atoms with E-state index in [1.807, 2.05) is 0 Å². The van der Waals surface area contributed by atoms with E-state index in [1.165, 1.54) is 6.07 Å². The van der Waals surface area contributed by atoms with Crippen molar-refractivity contribution in [3.8, 4) is 0 Å². The fourth-order valence-electron chi connectivity index (χ4n) is 1.14. The van der Waals surface area contributed by atoms with Crippen LogP contribution in [0.1, 0.15) is 0 Å². The first-order chi connectivity index (χ1) is 6.48. The molecular weight excluding hydrogens is 247 g/mol. The molecule has 0 unspecified atom stereocenters. The Morgan fingerprint density at radius 2 is 2.07 bits per heavy atom. The van der Waals surface area contributed by atoms with Gasteiger partial charge in [-0.2, -0.15) is 5.10 Å². The largest absolute Gasteiger partial charge is 0.278 e. The number of hydrogen-bond donors (Lipinski definition) is 1. The van der Waals surface area contributed by atoms with Crippen molar-refractivity contribution in [1.29, 1.82) is 0 Å². The van der Waals surface area contributed by atoms with Gasteiger partial charge in [-0.25, -0.2) is 8.42 Å². The first-order valence-corrected chi connectivity index (χ1v) is 6.25. The molecule has 0 bridgehead atoms. The Labute approximate surface area is 89.2 Å². The van der Waals surface area contributed by atoms with Crippen LogP contribution in [-0.4, -0.2) is 18.6 Å². The van der Waals surface area contributed by atoms with E-state index in [0.29, 0.717) is 15.9 Å². The molecule has 0 saturated heterocycles. The van der Waals surface area contributed by atoms with Gasteiger partial charge in [0, 0.05) is 21.1 Å². The van der Waals surface area contributed by atoms with Crippen molar-refractivity contribution in [1.82, 2.24) is 10.2 Å². The van der Waals surface area contributed by atoms with Crippen molar-refractivity contribution in [3.63, 3.8) is 0 Å². The molecule has 1 N–H and O–H groups in total. The normalized spacial score (nSPS) is 12.1. The SMILES string of the molecule is O=S(=O)(Cl)c1[nH]nc2ccc(Cl)cc12. The molecule has 4 nitrogen and oxygen atoms in total. The Bertz CT molecular complexity index is 591. The van der Waals surface area contributed by atoms with Gasteiger partial charge in [0.15, 0.2) is 5.03 Å². The van der Waals surface area contributed by atoms with Gasteiger partial charge in [-0.15, -0.1) is 0 Å². The zero-order valence-electron chi connectivity index (χ0n) is 6.66. The highest BCUT2D eigenvalue weighted by Gasteiger charge is 2.17. The van der Waals surface area contributed by atoms with E-state index in [-0.39, 0.29) is 5.03 Å². The van der Waals surface area contributed by atoms with Crippen LogP contribution in [0.3, 0.4) is 0 Å². The van der Waals surface area contributed by atoms with Crippen LogP contribution in [0.15, 0.2) is 23.2 Å². The zero-order chi connectivity index (χ0) is 10.3. The summed E-state index contributed by atoms with van der Waals surface area (Å²) in [6.07, 6.45) is 0. The molecule has 1 aromatic heterocycles. The molecule has 2 aromatic rings. The Hall–Kier alpha value is -0.780. The number of nitrogens with one attached hydrogen (secondary N) is 1. The lowest BCUT2D eigenvalue weighted by Gasteiger charge is -1.92. The van der Waals surface area contributed by atoms with Gasteiger partial charge in [-0.05, 0) is 18.2 Å². The van der Waals surface area contributed by atoms with E-state index in [2.05, 4.69) is 10.2 Å². The standard InChI is InChI=1S/C7H4Cl2N2O2S/c8-4-1-2-6-5(3-4)7(11-10-6)14(9,12)13/h1-3H,(H,10,11). The highest BCUT2D eigenvalue weighted by molar-refractivity contribution is 8.13. The van der Waals surface area contributed by atoms with Crippen molar-refractivity contribution in [3.05, 3.63) is 23.2 Å². The molecule has 7 heteroatoms. The number of rotatable bonds is 1. The fourth-order valence-corrected chi connectivity index (χ4v) is 2.25. The van der Waals surface area contributed by atoms with Crippen LogP contribution in [0.25, 0.3) is 10.9 Å². The monoisotopic (exact) mass is 250 g/mol. The summed E-state index contributed by atoms with van der Waals surface area (Å²) in [6, 6.07) is 4.73. The van der Waals surface area contributed by atoms with Gasteiger partial charge in [0.25, 0.3) is 9.05 Å². The summed E-state index contributed by atoms with van der Waals surface area (Å²) in [5.74, 6) is 0. The lowest BCUT2D eigenvalue weighted by molar-refractivity contribution is 0.606. The lowest BCUT2D eigenvalue weighted by atomic mass is 10.3. The summed E-state index contributed by atoms with van der Waals surface area (Å²) >= 11 is 5.72. The van der Waals surface area contributed by atoms with Crippen molar-refractivity contribution >= 4 is 42.2 Å². The Balaban J connectivity index is 2.87. The number of aromatic nitrogens is 2. The lowest BCUT2D eigenvalue weighted by Crippen LogP contribution is -1.90. The summed E-state index contributed by atoms with van der Waals surface area (Å²) in [5, 5.41) is 6.83. The average molecular weight is 251 g/mol. The number of nitrogens with zero attached hydrogens (tertiary/aromatic N) is 1. The van der Waals surface area contributed by atoms with E-state index >= 15 is 0 Å². The maximum absolute atomic E-state index is 11.1. The van der Waals surface area contributed by atoms with Gasteiger partial charge < -0.3 is 0 Å². The molecular formula is C7H4Cl2N2O2S. The van der Waals surface area contributed by atoms with Crippen molar-refractivity contribution in [2.24, 2.45) is 0 Å². The quantitative estimate of drug-likeness (QED) is 0.790. The number of benzene rings is 1. The van der Waals surface area contributed by atoms with E-state index in [9.17, 15) is 8.42 Å². The minimum absolute atomic E-state index is 0.128. The molecule has 2 rings (SSSR count). The predicted molar refractivity (Wildman–Crippen MR) is 54.1 cm³/mol. The maximum atomic E-state index is 11.1. The van der Waals surface area contributed by atoms with Gasteiger partial charge in [-0.1, -0.05) is 11.6 Å². The zero-order valence-corrected chi connectivity index (χ0v) is 8.99. The van der Waals surface area contributed by atoms with E-state index in [1.54, 1.807) is 12.1 Å². The number of aromatic amines is 1. The number of hydrogen-bond acceptors (Lipinski definition) is 3. The van der Waals surface area contributed by atoms with Crippen molar-refractivity contribution < 1.29 is 8.42 Å². The molecule has 0 saturated carbocycles. The second-order valence-electron chi connectivity index (χ2n) is 2.65. The van der Waals surface area contributed by atoms with Crippen molar-refractivity contribution in [2.75, 3.05) is 0 Å². The van der Waals surface area contributed by atoms with E-state index < -0.39 is 9.05 Å². The van der Waals surface area contributed by atoms with Gasteiger partial charge in [0.05, 0.1) is 5.52 Å². The first kappa shape index (κ1) is 9.76. The maximum Gasteiger partial charge on any atom is 0.278 e. The minimum atomic E-state index is -3.81. The molecule has 0 aliphatic carbocycles. The Morgan fingerprint density at radius 1 is 1.36 bits per heavy atom. The molecule has 0 radical (unpaired) electrons. The molecule has 0 fully saturated rings. The summed E-state index contributed by atoms with van der Waals surface area (Å²) in [7, 11) is 1.38. The molecule has 14 heavy (non-hydrogen) atoms. The van der Waals surface area contributed by atoms with Gasteiger partial charge in [0.2, 0.25) is 0 Å². The summed E-state index contributed by atoms with van der Waals surface area (Å²) < 4.78 is 22.1. The van der Waals surface area contributed by atoms with Crippen LogP contribution in [0, 0.1) is 0 Å². The van der Waals surface area contributed by atoms with Crippen LogP contribution >= 0.6 is 22.3 Å². The minimum Gasteiger partial charge on any atom is -0.265 e. The smallest absolute Gasteiger partial charge is 0.265 e. The molecule has 0 aliphatic rings. The molecule has 1 heterocycles. The molecule has 0 spiro atoms. The van der Waals surface area contributed by atoms with Gasteiger partial charge >= 0.3 is 0 Å².